The van der Waals surface area contributed by atoms with Crippen molar-refractivity contribution in [2.75, 3.05) is 13.7 Å². The maximum atomic E-state index is 13.1. The van der Waals surface area contributed by atoms with Crippen LogP contribution in [0.4, 0.5) is 4.39 Å². The first kappa shape index (κ1) is 10.8. The number of phenolic OH excluding ortho intramolecular Hbond substituents is 1. The summed E-state index contributed by atoms with van der Waals surface area (Å²) in [4.78, 5) is 0. The Balaban J connectivity index is 3.21. The van der Waals surface area contributed by atoms with Crippen molar-refractivity contribution in [1.82, 2.24) is 0 Å². The predicted molar refractivity (Wildman–Crippen MR) is 52.1 cm³/mol. The van der Waals surface area contributed by atoms with Crippen molar-refractivity contribution < 1.29 is 14.2 Å². The second kappa shape index (κ2) is 4.28. The number of benzene rings is 1. The Labute approximate surface area is 82.3 Å². The number of methoxy groups -OCH3 is 1. The molecule has 1 rings (SSSR count). The van der Waals surface area contributed by atoms with Crippen molar-refractivity contribution in [2.45, 2.75) is 12.8 Å². The van der Waals surface area contributed by atoms with E-state index in [1.807, 2.05) is 6.92 Å². The van der Waals surface area contributed by atoms with Gasteiger partial charge in [-0.15, -0.1) is 0 Å². The molecule has 0 aliphatic heterocycles. The van der Waals surface area contributed by atoms with E-state index in [0.717, 1.165) is 0 Å². The van der Waals surface area contributed by atoms with Crippen molar-refractivity contribution >= 4 is 0 Å². The molecule has 0 heterocycles. The van der Waals surface area contributed by atoms with Gasteiger partial charge in [-0.1, -0.05) is 13.0 Å². The minimum absolute atomic E-state index is 0.0236. The van der Waals surface area contributed by atoms with E-state index >= 15 is 0 Å². The molecule has 4 heteroatoms. The van der Waals surface area contributed by atoms with Gasteiger partial charge in [0.25, 0.3) is 0 Å². The summed E-state index contributed by atoms with van der Waals surface area (Å²) >= 11 is 0. The average Bonchev–Trinajstić information content (AvgIpc) is 2.18. The fourth-order valence-electron chi connectivity index (χ4n) is 1.28. The van der Waals surface area contributed by atoms with Gasteiger partial charge in [0, 0.05) is 5.56 Å². The fourth-order valence-corrected chi connectivity index (χ4v) is 1.28. The summed E-state index contributed by atoms with van der Waals surface area (Å²) in [5.41, 5.74) is 6.06. The Bertz CT molecular complexity index is 328. The third kappa shape index (κ3) is 1.80. The first-order valence-corrected chi connectivity index (χ1v) is 4.37. The SMILES string of the molecule is COc1c(F)ccc(C(C)CN)c1O. The van der Waals surface area contributed by atoms with Gasteiger partial charge in [-0.25, -0.2) is 4.39 Å². The highest BCUT2D eigenvalue weighted by atomic mass is 19.1. The van der Waals surface area contributed by atoms with Gasteiger partial charge in [0.15, 0.2) is 17.3 Å². The van der Waals surface area contributed by atoms with Crippen LogP contribution in [0, 0.1) is 5.82 Å². The lowest BCUT2D eigenvalue weighted by atomic mass is 10.00. The lowest BCUT2D eigenvalue weighted by Crippen LogP contribution is -2.09. The van der Waals surface area contributed by atoms with E-state index in [2.05, 4.69) is 0 Å². The van der Waals surface area contributed by atoms with Crippen LogP contribution in [0.15, 0.2) is 12.1 Å². The maximum Gasteiger partial charge on any atom is 0.196 e. The lowest BCUT2D eigenvalue weighted by Gasteiger charge is -2.13. The number of rotatable bonds is 3. The highest BCUT2D eigenvalue weighted by Gasteiger charge is 2.16. The standard InChI is InChI=1S/C10H14FNO2/c1-6(5-12)7-3-4-8(11)10(14-2)9(7)13/h3-4,6,13H,5,12H2,1-2H3. The number of phenols is 1. The second-order valence-electron chi connectivity index (χ2n) is 3.16. The molecule has 0 saturated heterocycles. The lowest BCUT2D eigenvalue weighted by molar-refractivity contribution is 0.347. The molecule has 14 heavy (non-hydrogen) atoms. The Morgan fingerprint density at radius 3 is 2.71 bits per heavy atom. The van der Waals surface area contributed by atoms with E-state index in [1.54, 1.807) is 0 Å². The molecular weight excluding hydrogens is 185 g/mol. The fraction of sp³-hybridized carbons (Fsp3) is 0.400. The Hall–Kier alpha value is -1.29. The molecule has 0 aliphatic rings. The molecule has 0 radical (unpaired) electrons. The number of hydrogen-bond acceptors (Lipinski definition) is 3. The first-order valence-electron chi connectivity index (χ1n) is 4.37. The van der Waals surface area contributed by atoms with Gasteiger partial charge in [-0.05, 0) is 18.5 Å². The molecule has 1 aromatic rings. The first-order chi connectivity index (χ1) is 6.61. The molecule has 3 N–H and O–H groups in total. The largest absolute Gasteiger partial charge is 0.504 e. The number of nitrogens with two attached hydrogens (primary N) is 1. The minimum Gasteiger partial charge on any atom is -0.504 e. The molecule has 78 valence electrons. The molecule has 0 saturated carbocycles. The van der Waals surface area contributed by atoms with Crippen LogP contribution >= 0.6 is 0 Å². The van der Waals surface area contributed by atoms with Gasteiger partial charge < -0.3 is 15.6 Å². The third-order valence-corrected chi connectivity index (χ3v) is 2.20. The third-order valence-electron chi connectivity index (χ3n) is 2.20. The van der Waals surface area contributed by atoms with Crippen molar-refractivity contribution in [3.8, 4) is 11.5 Å². The van der Waals surface area contributed by atoms with E-state index in [-0.39, 0.29) is 17.4 Å². The van der Waals surface area contributed by atoms with E-state index in [9.17, 15) is 9.50 Å². The molecule has 0 aromatic heterocycles. The summed E-state index contributed by atoms with van der Waals surface area (Å²) < 4.78 is 17.8. The Morgan fingerprint density at radius 2 is 2.21 bits per heavy atom. The van der Waals surface area contributed by atoms with Gasteiger partial charge in [0.1, 0.15) is 0 Å². The van der Waals surface area contributed by atoms with Crippen molar-refractivity contribution in [3.63, 3.8) is 0 Å². The highest BCUT2D eigenvalue weighted by molar-refractivity contribution is 5.48. The van der Waals surface area contributed by atoms with Crippen LogP contribution in [0.3, 0.4) is 0 Å². The monoisotopic (exact) mass is 199 g/mol. The molecule has 0 spiro atoms. The highest BCUT2D eigenvalue weighted by Crippen LogP contribution is 2.36. The molecule has 0 bridgehead atoms. The molecule has 0 fully saturated rings. The summed E-state index contributed by atoms with van der Waals surface area (Å²) in [7, 11) is 1.31. The number of aromatic hydroxyl groups is 1. The normalized spacial score (nSPS) is 12.6. The smallest absolute Gasteiger partial charge is 0.196 e. The van der Waals surface area contributed by atoms with E-state index in [1.165, 1.54) is 19.2 Å². The van der Waals surface area contributed by atoms with Crippen molar-refractivity contribution in [1.29, 1.82) is 0 Å². The Morgan fingerprint density at radius 1 is 1.57 bits per heavy atom. The van der Waals surface area contributed by atoms with Gasteiger partial charge in [-0.3, -0.25) is 0 Å². The molecular formula is C10H14FNO2. The maximum absolute atomic E-state index is 13.1. The van der Waals surface area contributed by atoms with Crippen LogP contribution in [0.5, 0.6) is 11.5 Å². The van der Waals surface area contributed by atoms with Crippen LogP contribution in [0.25, 0.3) is 0 Å². The van der Waals surface area contributed by atoms with Gasteiger partial charge >= 0.3 is 0 Å². The molecule has 1 unspecified atom stereocenters. The molecule has 1 aromatic carbocycles. The summed E-state index contributed by atoms with van der Waals surface area (Å²) in [6.45, 7) is 2.24. The zero-order valence-electron chi connectivity index (χ0n) is 8.25. The van der Waals surface area contributed by atoms with Gasteiger partial charge in [0.2, 0.25) is 0 Å². The van der Waals surface area contributed by atoms with Crippen LogP contribution in [0.1, 0.15) is 18.4 Å². The number of hydrogen-bond donors (Lipinski definition) is 2. The van der Waals surface area contributed by atoms with Crippen molar-refractivity contribution in [3.05, 3.63) is 23.5 Å². The van der Waals surface area contributed by atoms with Gasteiger partial charge in [-0.2, -0.15) is 0 Å². The van der Waals surface area contributed by atoms with E-state index < -0.39 is 5.82 Å². The zero-order valence-corrected chi connectivity index (χ0v) is 8.25. The summed E-state index contributed by atoms with van der Waals surface area (Å²) in [5.74, 6) is -0.879. The minimum atomic E-state index is -0.571. The van der Waals surface area contributed by atoms with Crippen molar-refractivity contribution in [2.24, 2.45) is 5.73 Å². The average molecular weight is 199 g/mol. The molecule has 1 atom stereocenters. The van der Waals surface area contributed by atoms with E-state index in [0.29, 0.717) is 12.1 Å². The van der Waals surface area contributed by atoms with E-state index in [4.69, 9.17) is 10.5 Å². The van der Waals surface area contributed by atoms with Crippen LogP contribution in [-0.4, -0.2) is 18.8 Å². The van der Waals surface area contributed by atoms with Crippen LogP contribution in [0.2, 0.25) is 0 Å². The van der Waals surface area contributed by atoms with Crippen LogP contribution in [-0.2, 0) is 0 Å². The molecule has 3 nitrogen and oxygen atoms in total. The number of ether oxygens (including phenoxy) is 1. The summed E-state index contributed by atoms with van der Waals surface area (Å²) in [5, 5.41) is 9.65. The summed E-state index contributed by atoms with van der Waals surface area (Å²) in [6.07, 6.45) is 0. The van der Waals surface area contributed by atoms with Gasteiger partial charge in [0.05, 0.1) is 7.11 Å². The topological polar surface area (TPSA) is 55.5 Å². The predicted octanol–water partition coefficient (Wildman–Crippen LogP) is 1.60. The summed E-state index contributed by atoms with van der Waals surface area (Å²) in [6, 6.07) is 2.78. The number of halogens is 1. The molecule has 0 amide bonds. The molecule has 0 aliphatic carbocycles. The second-order valence-corrected chi connectivity index (χ2v) is 3.16. The zero-order chi connectivity index (χ0) is 10.7. The quantitative estimate of drug-likeness (QED) is 0.777. The van der Waals surface area contributed by atoms with Crippen LogP contribution < -0.4 is 10.5 Å². The Kier molecular flexibility index (Phi) is 3.30.